The minimum Gasteiger partial charge on any atom is -0.450 e. The first-order chi connectivity index (χ1) is 10.0. The van der Waals surface area contributed by atoms with Crippen LogP contribution < -0.4 is 10.6 Å². The third-order valence-corrected chi connectivity index (χ3v) is 3.52. The molecule has 0 aliphatic heterocycles. The third-order valence-electron chi connectivity index (χ3n) is 3.52. The Labute approximate surface area is 127 Å². The molecule has 0 spiro atoms. The molecular weight excluding hydrogens is 268 g/mol. The first kappa shape index (κ1) is 17.5. The first-order valence-corrected chi connectivity index (χ1v) is 7.88. The topological polar surface area (TPSA) is 67.4 Å². The molecule has 1 aliphatic carbocycles. The van der Waals surface area contributed by atoms with E-state index >= 15 is 0 Å². The van der Waals surface area contributed by atoms with Crippen LogP contribution in [0.15, 0.2) is 12.2 Å². The van der Waals surface area contributed by atoms with Crippen LogP contribution in [0.25, 0.3) is 0 Å². The molecule has 2 N–H and O–H groups in total. The summed E-state index contributed by atoms with van der Waals surface area (Å²) >= 11 is 0. The Balaban J connectivity index is 2.42. The number of alkyl carbamates (subject to hydrolysis) is 1. The van der Waals surface area contributed by atoms with Gasteiger partial charge in [-0.05, 0) is 38.5 Å². The first-order valence-electron chi connectivity index (χ1n) is 7.88. The van der Waals surface area contributed by atoms with Gasteiger partial charge in [0.15, 0.2) is 0 Å². The van der Waals surface area contributed by atoms with Gasteiger partial charge in [-0.1, -0.05) is 26.0 Å². The Kier molecular flexibility index (Phi) is 7.87. The zero-order chi connectivity index (χ0) is 15.7. The van der Waals surface area contributed by atoms with Gasteiger partial charge in [-0.15, -0.1) is 0 Å². The maximum atomic E-state index is 12.1. The lowest BCUT2D eigenvalue weighted by Gasteiger charge is -2.23. The van der Waals surface area contributed by atoms with Gasteiger partial charge in [0.05, 0.1) is 6.61 Å². The van der Waals surface area contributed by atoms with Gasteiger partial charge < -0.3 is 15.4 Å². The summed E-state index contributed by atoms with van der Waals surface area (Å²) in [6, 6.07) is -0.0906. The molecule has 0 radical (unpaired) electrons. The van der Waals surface area contributed by atoms with Gasteiger partial charge in [0, 0.05) is 18.5 Å². The molecule has 0 bridgehead atoms. The summed E-state index contributed by atoms with van der Waals surface area (Å²) < 4.78 is 4.91. The fourth-order valence-electron chi connectivity index (χ4n) is 2.50. The third kappa shape index (κ3) is 7.16. The number of carbonyl (C=O) groups excluding carboxylic acids is 2. The molecule has 0 fully saturated rings. The SMILES string of the molecule is CCOC(=O)N[C@@H](CNC(=O)[C@@H]1CC=CCC1)CC(C)C. The Bertz CT molecular complexity index is 367. The van der Waals surface area contributed by atoms with E-state index in [4.69, 9.17) is 4.74 Å². The van der Waals surface area contributed by atoms with Crippen LogP contribution in [0, 0.1) is 11.8 Å². The molecule has 2 atom stereocenters. The van der Waals surface area contributed by atoms with E-state index in [1.807, 2.05) is 0 Å². The van der Waals surface area contributed by atoms with Crippen molar-refractivity contribution in [1.82, 2.24) is 10.6 Å². The Morgan fingerprint density at radius 3 is 2.67 bits per heavy atom. The predicted octanol–water partition coefficient (Wildman–Crippen LogP) is 2.62. The van der Waals surface area contributed by atoms with E-state index in [2.05, 4.69) is 36.6 Å². The van der Waals surface area contributed by atoms with Crippen molar-refractivity contribution in [2.75, 3.05) is 13.2 Å². The summed E-state index contributed by atoms with van der Waals surface area (Å²) in [5.74, 6) is 0.586. The van der Waals surface area contributed by atoms with Crippen molar-refractivity contribution in [1.29, 1.82) is 0 Å². The summed E-state index contributed by atoms with van der Waals surface area (Å²) in [5.41, 5.74) is 0. The second-order valence-corrected chi connectivity index (χ2v) is 5.92. The number of nitrogens with one attached hydrogen (secondary N) is 2. The molecule has 0 saturated heterocycles. The van der Waals surface area contributed by atoms with Crippen LogP contribution in [-0.2, 0) is 9.53 Å². The van der Waals surface area contributed by atoms with Crippen LogP contribution in [0.4, 0.5) is 4.79 Å². The van der Waals surface area contributed by atoms with Crippen molar-refractivity contribution < 1.29 is 14.3 Å². The van der Waals surface area contributed by atoms with Crippen LogP contribution >= 0.6 is 0 Å². The summed E-state index contributed by atoms with van der Waals surface area (Å²) in [6.07, 6.45) is 7.26. The molecule has 0 aromatic carbocycles. The highest BCUT2D eigenvalue weighted by Crippen LogP contribution is 2.18. The Hall–Kier alpha value is -1.52. The minimum atomic E-state index is -0.419. The molecule has 0 saturated carbocycles. The summed E-state index contributed by atoms with van der Waals surface area (Å²) in [7, 11) is 0. The maximum absolute atomic E-state index is 12.1. The van der Waals surface area contributed by atoms with E-state index in [0.29, 0.717) is 19.1 Å². The molecule has 5 heteroatoms. The molecule has 5 nitrogen and oxygen atoms in total. The Morgan fingerprint density at radius 2 is 2.10 bits per heavy atom. The van der Waals surface area contributed by atoms with Crippen LogP contribution in [-0.4, -0.2) is 31.2 Å². The molecule has 0 aromatic heterocycles. The minimum absolute atomic E-state index is 0.0669. The molecule has 1 aliphatic rings. The number of ether oxygens (including phenoxy) is 1. The highest BCUT2D eigenvalue weighted by Gasteiger charge is 2.21. The molecule has 0 aromatic rings. The van der Waals surface area contributed by atoms with Gasteiger partial charge in [-0.2, -0.15) is 0 Å². The highest BCUT2D eigenvalue weighted by atomic mass is 16.5. The smallest absolute Gasteiger partial charge is 0.407 e. The van der Waals surface area contributed by atoms with Gasteiger partial charge in [-0.3, -0.25) is 4.79 Å². The Morgan fingerprint density at radius 1 is 1.33 bits per heavy atom. The van der Waals surface area contributed by atoms with Gasteiger partial charge in [0.2, 0.25) is 5.91 Å². The summed E-state index contributed by atoms with van der Waals surface area (Å²) in [6.45, 7) is 6.76. The van der Waals surface area contributed by atoms with Gasteiger partial charge >= 0.3 is 6.09 Å². The molecule has 1 rings (SSSR count). The van der Waals surface area contributed by atoms with Crippen LogP contribution in [0.2, 0.25) is 0 Å². The highest BCUT2D eigenvalue weighted by molar-refractivity contribution is 5.79. The molecule has 21 heavy (non-hydrogen) atoms. The zero-order valence-electron chi connectivity index (χ0n) is 13.4. The quantitative estimate of drug-likeness (QED) is 0.710. The number of rotatable bonds is 7. The number of allylic oxidation sites excluding steroid dienone is 2. The van der Waals surface area contributed by atoms with Crippen molar-refractivity contribution in [2.45, 2.75) is 52.5 Å². The van der Waals surface area contributed by atoms with Crippen molar-refractivity contribution in [3.63, 3.8) is 0 Å². The van der Waals surface area contributed by atoms with E-state index in [1.165, 1.54) is 0 Å². The molecule has 0 unspecified atom stereocenters. The van der Waals surface area contributed by atoms with Crippen LogP contribution in [0.3, 0.4) is 0 Å². The molecular formula is C16H28N2O3. The number of amides is 2. The van der Waals surface area contributed by atoms with Gasteiger partial charge in [0.1, 0.15) is 0 Å². The second-order valence-electron chi connectivity index (χ2n) is 5.92. The summed E-state index contributed by atoms with van der Waals surface area (Å²) in [4.78, 5) is 23.6. The lowest BCUT2D eigenvalue weighted by Crippen LogP contribution is -2.45. The van der Waals surface area contributed by atoms with E-state index in [0.717, 1.165) is 25.7 Å². The molecule has 2 amide bonds. The largest absolute Gasteiger partial charge is 0.450 e. The van der Waals surface area contributed by atoms with Crippen molar-refractivity contribution in [2.24, 2.45) is 11.8 Å². The van der Waals surface area contributed by atoms with E-state index in [-0.39, 0.29) is 17.9 Å². The molecule has 120 valence electrons. The van der Waals surface area contributed by atoms with Gasteiger partial charge in [0.25, 0.3) is 0 Å². The predicted molar refractivity (Wildman–Crippen MR) is 82.9 cm³/mol. The monoisotopic (exact) mass is 296 g/mol. The fraction of sp³-hybridized carbons (Fsp3) is 0.750. The van der Waals surface area contributed by atoms with E-state index in [9.17, 15) is 9.59 Å². The maximum Gasteiger partial charge on any atom is 0.407 e. The van der Waals surface area contributed by atoms with E-state index in [1.54, 1.807) is 6.92 Å². The summed E-state index contributed by atoms with van der Waals surface area (Å²) in [5, 5.41) is 5.78. The van der Waals surface area contributed by atoms with Crippen molar-refractivity contribution in [3.05, 3.63) is 12.2 Å². The standard InChI is InChI=1S/C16H28N2O3/c1-4-21-16(20)18-14(10-12(2)3)11-17-15(19)13-8-6-5-7-9-13/h5-6,12-14H,4,7-11H2,1-3H3,(H,17,19)(H,18,20)/t13-,14-/m1/s1. The average molecular weight is 296 g/mol. The normalized spacial score (nSPS) is 19.1. The zero-order valence-corrected chi connectivity index (χ0v) is 13.4. The van der Waals surface area contributed by atoms with Crippen LogP contribution in [0.1, 0.15) is 46.5 Å². The number of hydrogen-bond donors (Lipinski definition) is 2. The van der Waals surface area contributed by atoms with E-state index < -0.39 is 6.09 Å². The lowest BCUT2D eigenvalue weighted by molar-refractivity contribution is -0.125. The number of hydrogen-bond acceptors (Lipinski definition) is 3. The lowest BCUT2D eigenvalue weighted by atomic mass is 9.93. The van der Waals surface area contributed by atoms with Crippen molar-refractivity contribution >= 4 is 12.0 Å². The second kappa shape index (κ2) is 9.42. The number of carbonyl (C=O) groups is 2. The fourth-order valence-corrected chi connectivity index (χ4v) is 2.50. The van der Waals surface area contributed by atoms with Crippen molar-refractivity contribution in [3.8, 4) is 0 Å². The molecule has 0 heterocycles. The average Bonchev–Trinajstić information content (AvgIpc) is 2.45. The van der Waals surface area contributed by atoms with Crippen LogP contribution in [0.5, 0.6) is 0 Å². The van der Waals surface area contributed by atoms with Gasteiger partial charge in [-0.25, -0.2) is 4.79 Å².